The lowest BCUT2D eigenvalue weighted by molar-refractivity contribution is -0.157. The maximum Gasteiger partial charge on any atom is 0.354 e. The summed E-state index contributed by atoms with van der Waals surface area (Å²) in [4.78, 5) is 26.0. The topological polar surface area (TPSA) is 77.8 Å². The molecule has 1 saturated heterocycles. The van der Waals surface area contributed by atoms with Gasteiger partial charge >= 0.3 is 5.97 Å². The van der Waals surface area contributed by atoms with E-state index >= 15 is 0 Å². The molecular formula is C15H15NO4S2. The minimum Gasteiger partial charge on any atom is -0.477 e. The van der Waals surface area contributed by atoms with E-state index < -0.39 is 18.0 Å². The maximum atomic E-state index is 12.2. The summed E-state index contributed by atoms with van der Waals surface area (Å²) < 4.78 is 0.600. The van der Waals surface area contributed by atoms with Crippen molar-refractivity contribution in [3.8, 4) is 0 Å². The van der Waals surface area contributed by atoms with Gasteiger partial charge in [0, 0.05) is 4.90 Å². The number of carbonyl (C=O) groups is 2. The average Bonchev–Trinajstić information content (AvgIpc) is 2.83. The molecule has 0 spiro atoms. The fourth-order valence-electron chi connectivity index (χ4n) is 2.58. The molecule has 22 heavy (non-hydrogen) atoms. The minimum atomic E-state index is -1.11. The van der Waals surface area contributed by atoms with Crippen molar-refractivity contribution in [1.82, 2.24) is 4.90 Å². The molecule has 0 radical (unpaired) electrons. The van der Waals surface area contributed by atoms with Crippen LogP contribution in [0.25, 0.3) is 0 Å². The molecule has 3 rings (SSSR count). The van der Waals surface area contributed by atoms with Crippen molar-refractivity contribution in [2.45, 2.75) is 29.7 Å². The number of hydrogen-bond donors (Lipinski definition) is 2. The van der Waals surface area contributed by atoms with Gasteiger partial charge in [-0.2, -0.15) is 0 Å². The van der Waals surface area contributed by atoms with Crippen molar-refractivity contribution in [2.24, 2.45) is 5.92 Å². The summed E-state index contributed by atoms with van der Waals surface area (Å²) in [6.45, 7) is 1.81. The number of hydrogen-bond acceptors (Lipinski definition) is 5. The molecule has 116 valence electrons. The van der Waals surface area contributed by atoms with Crippen LogP contribution in [0.3, 0.4) is 0 Å². The predicted molar refractivity (Wildman–Crippen MR) is 85.0 cm³/mol. The standard InChI is InChI=1S/C15H15NO4S2/c1-2-9(17)10-12(18)16-11(14(19)20)15(22-13(10)16)21-8-6-4-3-5-7-8/h3-7,9-10,13,17H,2H2,1H3,(H,19,20)/t9-,10+,13+/m0/s1. The number of aliphatic carboxylic acids is 1. The van der Waals surface area contributed by atoms with Crippen LogP contribution in [0.2, 0.25) is 0 Å². The second-order valence-electron chi connectivity index (χ2n) is 5.07. The van der Waals surface area contributed by atoms with Crippen LogP contribution in [0.1, 0.15) is 13.3 Å². The first-order valence-corrected chi connectivity index (χ1v) is 8.62. The lowest BCUT2D eigenvalue weighted by atomic mass is 9.90. The van der Waals surface area contributed by atoms with Gasteiger partial charge in [-0.05, 0) is 18.6 Å². The number of benzene rings is 1. The van der Waals surface area contributed by atoms with E-state index in [9.17, 15) is 19.8 Å². The van der Waals surface area contributed by atoms with E-state index in [0.717, 1.165) is 4.90 Å². The highest BCUT2D eigenvalue weighted by molar-refractivity contribution is 8.22. The average molecular weight is 337 g/mol. The Hall–Kier alpha value is -1.44. The zero-order valence-electron chi connectivity index (χ0n) is 11.8. The molecule has 2 aliphatic heterocycles. The van der Waals surface area contributed by atoms with Gasteiger partial charge in [-0.25, -0.2) is 4.79 Å². The van der Waals surface area contributed by atoms with E-state index in [-0.39, 0.29) is 17.0 Å². The van der Waals surface area contributed by atoms with Crippen molar-refractivity contribution in [1.29, 1.82) is 0 Å². The van der Waals surface area contributed by atoms with Crippen LogP contribution in [0.15, 0.2) is 45.2 Å². The molecule has 1 aromatic rings. The normalized spacial score (nSPS) is 25.0. The largest absolute Gasteiger partial charge is 0.477 e. The Morgan fingerprint density at radius 3 is 2.68 bits per heavy atom. The number of carboxylic acid groups (broad SMARTS) is 1. The Morgan fingerprint density at radius 2 is 2.09 bits per heavy atom. The number of β-lactam (4-membered cyclic amide) rings is 1. The third-order valence-corrected chi connectivity index (χ3v) is 6.31. The molecule has 3 atom stereocenters. The van der Waals surface area contributed by atoms with E-state index in [0.29, 0.717) is 10.7 Å². The fraction of sp³-hybridized carbons (Fsp3) is 0.333. The highest BCUT2D eigenvalue weighted by Gasteiger charge is 2.58. The van der Waals surface area contributed by atoms with Crippen molar-refractivity contribution in [2.75, 3.05) is 0 Å². The third kappa shape index (κ3) is 2.43. The molecule has 5 nitrogen and oxygen atoms in total. The Morgan fingerprint density at radius 1 is 1.41 bits per heavy atom. The Bertz CT molecular complexity index is 646. The number of rotatable bonds is 5. The van der Waals surface area contributed by atoms with Crippen molar-refractivity contribution in [3.05, 3.63) is 40.3 Å². The van der Waals surface area contributed by atoms with Crippen molar-refractivity contribution >= 4 is 35.4 Å². The summed E-state index contributed by atoms with van der Waals surface area (Å²) >= 11 is 2.70. The highest BCUT2D eigenvalue weighted by Crippen LogP contribution is 2.55. The van der Waals surface area contributed by atoms with Crippen LogP contribution in [-0.2, 0) is 9.59 Å². The second kappa shape index (κ2) is 5.98. The number of amides is 1. The number of carbonyl (C=O) groups excluding carboxylic acids is 1. The molecule has 2 heterocycles. The van der Waals surface area contributed by atoms with Gasteiger partial charge in [-0.1, -0.05) is 48.6 Å². The third-order valence-electron chi connectivity index (χ3n) is 3.74. The first-order chi connectivity index (χ1) is 10.5. The second-order valence-corrected chi connectivity index (χ2v) is 7.54. The summed E-state index contributed by atoms with van der Waals surface area (Å²) in [5.74, 6) is -1.92. The first kappa shape index (κ1) is 15.5. The van der Waals surface area contributed by atoms with Gasteiger partial charge in [-0.3, -0.25) is 9.69 Å². The van der Waals surface area contributed by atoms with Crippen LogP contribution in [0.4, 0.5) is 0 Å². The predicted octanol–water partition coefficient (Wildman–Crippen LogP) is 2.33. The van der Waals surface area contributed by atoms with Gasteiger partial charge in [0.1, 0.15) is 5.37 Å². The van der Waals surface area contributed by atoms with Gasteiger partial charge in [0.25, 0.3) is 0 Å². The molecule has 2 N–H and O–H groups in total. The Kier molecular flexibility index (Phi) is 4.20. The highest BCUT2D eigenvalue weighted by atomic mass is 32.2. The molecule has 1 amide bonds. The summed E-state index contributed by atoms with van der Waals surface area (Å²) in [7, 11) is 0. The lowest BCUT2D eigenvalue weighted by Gasteiger charge is -2.44. The van der Waals surface area contributed by atoms with Gasteiger partial charge in [0.05, 0.1) is 16.3 Å². The van der Waals surface area contributed by atoms with Gasteiger partial charge in [-0.15, -0.1) is 0 Å². The van der Waals surface area contributed by atoms with Crippen molar-refractivity contribution < 1.29 is 19.8 Å². The Labute approximate surface area is 136 Å². The van der Waals surface area contributed by atoms with E-state index in [4.69, 9.17) is 0 Å². The molecule has 1 fully saturated rings. The van der Waals surface area contributed by atoms with Gasteiger partial charge < -0.3 is 10.2 Å². The fourth-order valence-corrected chi connectivity index (χ4v) is 5.42. The Balaban J connectivity index is 1.87. The van der Waals surface area contributed by atoms with Crippen LogP contribution in [-0.4, -0.2) is 38.5 Å². The van der Waals surface area contributed by atoms with Crippen LogP contribution < -0.4 is 0 Å². The first-order valence-electron chi connectivity index (χ1n) is 6.92. The SMILES string of the molecule is CC[C@H](O)[C@@H]1C(=O)N2C(C(=O)O)=C(Sc3ccccc3)S[C@H]12. The molecule has 2 aliphatic rings. The van der Waals surface area contributed by atoms with Gasteiger partial charge in [0.15, 0.2) is 5.70 Å². The van der Waals surface area contributed by atoms with Crippen LogP contribution >= 0.6 is 23.5 Å². The number of thioether (sulfide) groups is 2. The molecule has 0 saturated carbocycles. The van der Waals surface area contributed by atoms with Crippen molar-refractivity contribution in [3.63, 3.8) is 0 Å². The molecule has 1 aromatic carbocycles. The summed E-state index contributed by atoms with van der Waals surface area (Å²) in [6, 6.07) is 9.45. The number of aliphatic hydroxyl groups is 1. The van der Waals surface area contributed by atoms with E-state index in [1.807, 2.05) is 37.3 Å². The number of nitrogens with zero attached hydrogens (tertiary/aromatic N) is 1. The van der Waals surface area contributed by atoms with E-state index in [1.165, 1.54) is 28.4 Å². The zero-order chi connectivity index (χ0) is 15.9. The van der Waals surface area contributed by atoms with E-state index in [2.05, 4.69) is 0 Å². The zero-order valence-corrected chi connectivity index (χ0v) is 13.4. The number of fused-ring (bicyclic) bond motifs is 1. The maximum absolute atomic E-state index is 12.2. The summed E-state index contributed by atoms with van der Waals surface area (Å²) in [5.41, 5.74) is 0.0356. The quantitative estimate of drug-likeness (QED) is 0.803. The van der Waals surface area contributed by atoms with E-state index in [1.54, 1.807) is 0 Å². The minimum absolute atomic E-state index is 0.0356. The van der Waals surface area contributed by atoms with Crippen LogP contribution in [0.5, 0.6) is 0 Å². The monoisotopic (exact) mass is 337 g/mol. The number of aliphatic hydroxyl groups excluding tert-OH is 1. The van der Waals surface area contributed by atoms with Crippen LogP contribution in [0, 0.1) is 5.92 Å². The molecule has 0 aliphatic carbocycles. The van der Waals surface area contributed by atoms with Gasteiger partial charge in [0.2, 0.25) is 5.91 Å². The smallest absolute Gasteiger partial charge is 0.354 e. The molecule has 0 bridgehead atoms. The molecular weight excluding hydrogens is 322 g/mol. The summed E-state index contributed by atoms with van der Waals surface area (Å²) in [6.07, 6.45) is -0.248. The molecule has 0 unspecified atom stereocenters. The number of carboxylic acids is 1. The molecule has 0 aromatic heterocycles. The summed E-state index contributed by atoms with van der Waals surface area (Å²) in [5, 5.41) is 19.1. The lowest BCUT2D eigenvalue weighted by Crippen LogP contribution is -2.61. The molecule has 7 heteroatoms.